The summed E-state index contributed by atoms with van der Waals surface area (Å²) in [7, 11) is 0. The molecule has 4 rings (SSSR count). The topological polar surface area (TPSA) is 68.1 Å². The first-order chi connectivity index (χ1) is 14.2. The zero-order chi connectivity index (χ0) is 20.1. The van der Waals surface area contributed by atoms with E-state index < -0.39 is 0 Å². The van der Waals surface area contributed by atoms with Crippen LogP contribution in [0.1, 0.15) is 31.9 Å². The number of aryl methyl sites for hydroxylation is 1. The molecule has 7 nitrogen and oxygen atoms in total. The number of anilines is 1. The van der Waals surface area contributed by atoms with Gasteiger partial charge in [0.05, 0.1) is 24.4 Å². The molecule has 1 aliphatic rings. The lowest BCUT2D eigenvalue weighted by atomic mass is 10.1. The molecule has 0 amide bonds. The van der Waals surface area contributed by atoms with Crippen molar-refractivity contribution in [1.82, 2.24) is 25.1 Å². The Morgan fingerprint density at radius 3 is 2.97 bits per heavy atom. The Morgan fingerprint density at radius 1 is 1.21 bits per heavy atom. The Kier molecular flexibility index (Phi) is 6.24. The number of rotatable bonds is 7. The molecule has 1 aliphatic heterocycles. The van der Waals surface area contributed by atoms with E-state index in [1.54, 1.807) is 0 Å². The van der Waals surface area contributed by atoms with Crippen LogP contribution in [0.3, 0.4) is 0 Å². The van der Waals surface area contributed by atoms with Crippen LogP contribution < -0.4 is 15.0 Å². The minimum Gasteiger partial charge on any atom is -0.494 e. The second kappa shape index (κ2) is 9.22. The number of benzene rings is 1. The molecule has 3 aromatic rings. The molecule has 1 saturated heterocycles. The molecule has 1 unspecified atom stereocenters. The highest BCUT2D eigenvalue weighted by atomic mass is 16.5. The van der Waals surface area contributed by atoms with E-state index in [4.69, 9.17) is 14.7 Å². The Bertz CT molecular complexity index is 926. The molecular weight excluding hydrogens is 364 g/mol. The Labute approximate surface area is 172 Å². The smallest absolute Gasteiger partial charge is 0.226 e. The maximum Gasteiger partial charge on any atom is 0.226 e. The first kappa shape index (κ1) is 19.6. The minimum atomic E-state index is 0.533. The maximum absolute atomic E-state index is 5.62. The Morgan fingerprint density at radius 2 is 2.14 bits per heavy atom. The number of nitrogens with zero attached hydrogens (tertiary/aromatic N) is 5. The normalized spacial score (nSPS) is 17.4. The van der Waals surface area contributed by atoms with Gasteiger partial charge in [-0.2, -0.15) is 5.10 Å². The summed E-state index contributed by atoms with van der Waals surface area (Å²) in [4.78, 5) is 12.0. The monoisotopic (exact) mass is 394 g/mol. The van der Waals surface area contributed by atoms with Gasteiger partial charge in [-0.1, -0.05) is 0 Å². The number of hydrogen-bond donors (Lipinski definition) is 1. The Hall–Kier alpha value is -2.67. The number of hydrogen-bond acceptors (Lipinski definition) is 6. The van der Waals surface area contributed by atoms with Crippen LogP contribution in [0.15, 0.2) is 36.7 Å². The third-order valence-corrected chi connectivity index (χ3v) is 5.50. The van der Waals surface area contributed by atoms with Crippen LogP contribution in [0.2, 0.25) is 0 Å². The molecule has 1 atom stereocenters. The SMILES string of the molecule is CCOc1ccc2nc(N3CCCC(NCCn4cccn4)CC3)nc(C)c2c1. The van der Waals surface area contributed by atoms with Crippen molar-refractivity contribution in [2.45, 2.75) is 45.7 Å². The van der Waals surface area contributed by atoms with Crippen LogP contribution in [-0.2, 0) is 6.54 Å². The fourth-order valence-corrected chi connectivity index (χ4v) is 3.96. The summed E-state index contributed by atoms with van der Waals surface area (Å²) >= 11 is 0. The molecule has 1 fully saturated rings. The van der Waals surface area contributed by atoms with Crippen molar-refractivity contribution in [1.29, 1.82) is 0 Å². The van der Waals surface area contributed by atoms with Gasteiger partial charge in [0.2, 0.25) is 5.95 Å². The summed E-state index contributed by atoms with van der Waals surface area (Å²) in [6.45, 7) is 8.54. The molecule has 0 radical (unpaired) electrons. The zero-order valence-corrected chi connectivity index (χ0v) is 17.3. The van der Waals surface area contributed by atoms with Gasteiger partial charge in [-0.05, 0) is 57.4 Å². The van der Waals surface area contributed by atoms with Crippen molar-refractivity contribution >= 4 is 16.9 Å². The summed E-state index contributed by atoms with van der Waals surface area (Å²) in [6.07, 6.45) is 7.26. The van der Waals surface area contributed by atoms with Gasteiger partial charge >= 0.3 is 0 Å². The number of ether oxygens (including phenoxy) is 1. The van der Waals surface area contributed by atoms with E-state index in [0.717, 1.165) is 67.3 Å². The second-order valence-corrected chi connectivity index (χ2v) is 7.56. The highest BCUT2D eigenvalue weighted by Crippen LogP contribution is 2.25. The molecule has 1 N–H and O–H groups in total. The minimum absolute atomic E-state index is 0.533. The fourth-order valence-electron chi connectivity index (χ4n) is 3.96. The highest BCUT2D eigenvalue weighted by Gasteiger charge is 2.19. The van der Waals surface area contributed by atoms with Gasteiger partial charge in [-0.3, -0.25) is 4.68 Å². The van der Waals surface area contributed by atoms with Gasteiger partial charge in [-0.25, -0.2) is 9.97 Å². The standard InChI is InChI=1S/C22H30N6O/c1-3-29-19-7-8-21-20(16-19)17(2)25-22(26-21)27-12-4-6-18(9-14-27)23-11-15-28-13-5-10-24-28/h5,7-8,10,13,16,18,23H,3-4,6,9,11-12,14-15H2,1-2H3. The van der Waals surface area contributed by atoms with Crippen molar-refractivity contribution in [2.75, 3.05) is 31.1 Å². The van der Waals surface area contributed by atoms with Crippen LogP contribution in [0.4, 0.5) is 5.95 Å². The van der Waals surface area contributed by atoms with Crippen LogP contribution in [-0.4, -0.2) is 52.0 Å². The first-order valence-electron chi connectivity index (χ1n) is 10.6. The maximum atomic E-state index is 5.62. The lowest BCUT2D eigenvalue weighted by molar-refractivity contribution is 0.340. The molecule has 0 spiro atoms. The van der Waals surface area contributed by atoms with E-state index in [-0.39, 0.29) is 0 Å². The van der Waals surface area contributed by atoms with Crippen molar-refractivity contribution in [3.05, 3.63) is 42.4 Å². The first-order valence-corrected chi connectivity index (χ1v) is 10.6. The molecular formula is C22H30N6O. The van der Waals surface area contributed by atoms with E-state index in [1.165, 1.54) is 6.42 Å². The summed E-state index contributed by atoms with van der Waals surface area (Å²) in [6, 6.07) is 8.57. The zero-order valence-electron chi connectivity index (χ0n) is 17.3. The third-order valence-electron chi connectivity index (χ3n) is 5.50. The van der Waals surface area contributed by atoms with E-state index in [1.807, 2.05) is 48.3 Å². The van der Waals surface area contributed by atoms with E-state index in [0.29, 0.717) is 12.6 Å². The van der Waals surface area contributed by atoms with Crippen molar-refractivity contribution in [3.8, 4) is 5.75 Å². The van der Waals surface area contributed by atoms with Gasteiger partial charge in [0.15, 0.2) is 0 Å². The molecule has 29 heavy (non-hydrogen) atoms. The van der Waals surface area contributed by atoms with Crippen LogP contribution in [0, 0.1) is 6.92 Å². The molecule has 154 valence electrons. The predicted molar refractivity (Wildman–Crippen MR) is 116 cm³/mol. The van der Waals surface area contributed by atoms with E-state index in [9.17, 15) is 0 Å². The van der Waals surface area contributed by atoms with E-state index >= 15 is 0 Å². The van der Waals surface area contributed by atoms with Crippen molar-refractivity contribution in [2.24, 2.45) is 0 Å². The summed E-state index contributed by atoms with van der Waals surface area (Å²) in [5, 5.41) is 9.01. The average molecular weight is 395 g/mol. The van der Waals surface area contributed by atoms with Gasteiger partial charge in [0, 0.05) is 43.5 Å². The molecule has 0 aliphatic carbocycles. The highest BCUT2D eigenvalue weighted by molar-refractivity contribution is 5.83. The molecule has 0 bridgehead atoms. The van der Waals surface area contributed by atoms with Crippen molar-refractivity contribution < 1.29 is 4.74 Å². The number of fused-ring (bicyclic) bond motifs is 1. The Balaban J connectivity index is 1.39. The molecule has 2 aromatic heterocycles. The van der Waals surface area contributed by atoms with Gasteiger partial charge < -0.3 is 15.0 Å². The number of aromatic nitrogens is 4. The molecule has 3 heterocycles. The van der Waals surface area contributed by atoms with Gasteiger partial charge in [-0.15, -0.1) is 0 Å². The van der Waals surface area contributed by atoms with Crippen LogP contribution in [0.5, 0.6) is 5.75 Å². The summed E-state index contributed by atoms with van der Waals surface area (Å²) in [5.41, 5.74) is 1.98. The largest absolute Gasteiger partial charge is 0.494 e. The third kappa shape index (κ3) is 4.85. The van der Waals surface area contributed by atoms with Crippen LogP contribution >= 0.6 is 0 Å². The lowest BCUT2D eigenvalue weighted by Crippen LogP contribution is -2.33. The fraction of sp³-hybridized carbons (Fsp3) is 0.500. The quantitative estimate of drug-likeness (QED) is 0.664. The van der Waals surface area contributed by atoms with Crippen LogP contribution in [0.25, 0.3) is 10.9 Å². The average Bonchev–Trinajstić information content (AvgIpc) is 3.13. The number of nitrogens with one attached hydrogen (secondary N) is 1. The predicted octanol–water partition coefficient (Wildman–Crippen LogP) is 3.18. The second-order valence-electron chi connectivity index (χ2n) is 7.56. The van der Waals surface area contributed by atoms with Crippen molar-refractivity contribution in [3.63, 3.8) is 0 Å². The molecule has 7 heteroatoms. The molecule has 1 aromatic carbocycles. The summed E-state index contributed by atoms with van der Waals surface area (Å²) < 4.78 is 7.59. The van der Waals surface area contributed by atoms with E-state index in [2.05, 4.69) is 22.2 Å². The van der Waals surface area contributed by atoms with Gasteiger partial charge in [0.1, 0.15) is 5.75 Å². The van der Waals surface area contributed by atoms with Gasteiger partial charge in [0.25, 0.3) is 0 Å². The lowest BCUT2D eigenvalue weighted by Gasteiger charge is -2.22. The summed E-state index contributed by atoms with van der Waals surface area (Å²) in [5.74, 6) is 1.72. The molecule has 0 saturated carbocycles.